The zero-order valence-corrected chi connectivity index (χ0v) is 17.6. The summed E-state index contributed by atoms with van der Waals surface area (Å²) in [4.78, 5) is 40.0. The van der Waals surface area contributed by atoms with Crippen LogP contribution in [0.5, 0.6) is 5.75 Å². The molecule has 1 aromatic heterocycles. The third kappa shape index (κ3) is 5.25. The summed E-state index contributed by atoms with van der Waals surface area (Å²) >= 11 is 0. The fourth-order valence-electron chi connectivity index (χ4n) is 3.41. The number of benzene rings is 1. The van der Waals surface area contributed by atoms with Crippen LogP contribution in [-0.4, -0.2) is 64.1 Å². The molecule has 1 aliphatic heterocycles. The van der Waals surface area contributed by atoms with E-state index in [2.05, 4.69) is 24.0 Å². The largest absolute Gasteiger partial charge is 0.481 e. The van der Waals surface area contributed by atoms with Crippen LogP contribution in [0.15, 0.2) is 41.2 Å². The van der Waals surface area contributed by atoms with Crippen LogP contribution in [0.4, 0.5) is 0 Å². The first-order valence-corrected chi connectivity index (χ1v) is 10.3. The Morgan fingerprint density at radius 2 is 1.63 bits per heavy atom. The molecule has 1 fully saturated rings. The molecule has 1 aliphatic rings. The Hall–Kier alpha value is -3.16. The Labute approximate surface area is 175 Å². The number of hydrogen-bond donors (Lipinski definition) is 1. The Morgan fingerprint density at radius 1 is 0.967 bits per heavy atom. The molecule has 8 heteroatoms. The lowest BCUT2D eigenvalue weighted by Crippen LogP contribution is -2.43. The SMILES string of the molecule is CC(Oc1ccc(C(C)C)cc1)C(=O)N1CCCN(C(=O)c2ccc(=O)[nH]n2)CC1. The van der Waals surface area contributed by atoms with E-state index in [1.54, 1.807) is 16.7 Å². The van der Waals surface area contributed by atoms with E-state index in [4.69, 9.17) is 4.74 Å². The summed E-state index contributed by atoms with van der Waals surface area (Å²) in [5.74, 6) is 0.748. The van der Waals surface area contributed by atoms with E-state index in [-0.39, 0.29) is 23.1 Å². The first kappa shape index (κ1) is 21.5. The molecule has 1 unspecified atom stereocenters. The number of hydrogen-bond acceptors (Lipinski definition) is 5. The van der Waals surface area contributed by atoms with Crippen LogP contribution in [0.25, 0.3) is 0 Å². The minimum Gasteiger partial charge on any atom is -0.481 e. The molecule has 2 aromatic rings. The van der Waals surface area contributed by atoms with Crippen LogP contribution >= 0.6 is 0 Å². The number of nitrogens with one attached hydrogen (secondary N) is 1. The summed E-state index contributed by atoms with van der Waals surface area (Å²) in [7, 11) is 0. The van der Waals surface area contributed by atoms with Crippen molar-refractivity contribution in [1.82, 2.24) is 20.0 Å². The molecule has 8 nitrogen and oxygen atoms in total. The van der Waals surface area contributed by atoms with Crippen molar-refractivity contribution >= 4 is 11.8 Å². The lowest BCUT2D eigenvalue weighted by molar-refractivity contribution is -0.137. The normalized spacial score (nSPS) is 15.6. The van der Waals surface area contributed by atoms with Gasteiger partial charge in [-0.2, -0.15) is 5.10 Å². The van der Waals surface area contributed by atoms with Gasteiger partial charge in [-0.1, -0.05) is 26.0 Å². The van der Waals surface area contributed by atoms with Gasteiger partial charge in [0.15, 0.2) is 6.10 Å². The lowest BCUT2D eigenvalue weighted by Gasteiger charge is -2.25. The fourth-order valence-corrected chi connectivity index (χ4v) is 3.41. The predicted molar refractivity (Wildman–Crippen MR) is 113 cm³/mol. The number of aromatic nitrogens is 2. The van der Waals surface area contributed by atoms with E-state index in [0.717, 1.165) is 0 Å². The number of ether oxygens (including phenoxy) is 1. The van der Waals surface area contributed by atoms with Crippen LogP contribution in [0.2, 0.25) is 0 Å². The molecular weight excluding hydrogens is 384 g/mol. The average molecular weight is 412 g/mol. The van der Waals surface area contributed by atoms with Gasteiger partial charge in [0.2, 0.25) is 0 Å². The van der Waals surface area contributed by atoms with Gasteiger partial charge in [-0.3, -0.25) is 14.4 Å². The van der Waals surface area contributed by atoms with E-state index in [1.807, 2.05) is 24.3 Å². The van der Waals surface area contributed by atoms with Crippen molar-refractivity contribution in [3.8, 4) is 5.75 Å². The minimum absolute atomic E-state index is 0.0978. The van der Waals surface area contributed by atoms with Crippen LogP contribution in [-0.2, 0) is 4.79 Å². The smallest absolute Gasteiger partial charge is 0.274 e. The van der Waals surface area contributed by atoms with Gasteiger partial charge in [0.25, 0.3) is 17.4 Å². The quantitative estimate of drug-likeness (QED) is 0.811. The molecule has 160 valence electrons. The van der Waals surface area contributed by atoms with Crippen molar-refractivity contribution in [3.63, 3.8) is 0 Å². The first-order valence-electron chi connectivity index (χ1n) is 10.3. The van der Waals surface area contributed by atoms with E-state index in [1.165, 1.54) is 17.7 Å². The van der Waals surface area contributed by atoms with Gasteiger partial charge < -0.3 is 14.5 Å². The highest BCUT2D eigenvalue weighted by Crippen LogP contribution is 2.20. The third-order valence-corrected chi connectivity index (χ3v) is 5.20. The van der Waals surface area contributed by atoms with Gasteiger partial charge in [-0.05, 0) is 43.0 Å². The van der Waals surface area contributed by atoms with Gasteiger partial charge in [-0.25, -0.2) is 5.10 Å². The molecule has 1 N–H and O–H groups in total. The van der Waals surface area contributed by atoms with Gasteiger partial charge in [-0.15, -0.1) is 0 Å². The second-order valence-corrected chi connectivity index (χ2v) is 7.76. The van der Waals surface area contributed by atoms with Gasteiger partial charge >= 0.3 is 0 Å². The molecule has 1 atom stereocenters. The molecule has 0 spiro atoms. The molecule has 2 amide bonds. The van der Waals surface area contributed by atoms with Crippen LogP contribution in [0.1, 0.15) is 49.2 Å². The fraction of sp³-hybridized carbons (Fsp3) is 0.455. The summed E-state index contributed by atoms with van der Waals surface area (Å²) in [5, 5.41) is 6.08. The highest BCUT2D eigenvalue weighted by atomic mass is 16.5. The number of amides is 2. The van der Waals surface area contributed by atoms with Gasteiger partial charge in [0.05, 0.1) is 0 Å². The summed E-state index contributed by atoms with van der Waals surface area (Å²) < 4.78 is 5.84. The maximum absolute atomic E-state index is 12.9. The third-order valence-electron chi connectivity index (χ3n) is 5.20. The molecule has 0 radical (unpaired) electrons. The molecule has 0 bridgehead atoms. The molecule has 2 heterocycles. The van der Waals surface area contributed by atoms with E-state index < -0.39 is 6.10 Å². The number of aromatic amines is 1. The van der Waals surface area contributed by atoms with Crippen LogP contribution in [0.3, 0.4) is 0 Å². The van der Waals surface area contributed by atoms with E-state index in [0.29, 0.717) is 44.3 Å². The molecule has 1 aromatic carbocycles. The maximum atomic E-state index is 12.9. The van der Waals surface area contributed by atoms with Crippen LogP contribution < -0.4 is 10.3 Å². The number of carbonyl (C=O) groups excluding carboxylic acids is 2. The number of nitrogens with zero attached hydrogens (tertiary/aromatic N) is 3. The Kier molecular flexibility index (Phi) is 6.87. The van der Waals surface area contributed by atoms with Gasteiger partial charge in [0, 0.05) is 32.2 Å². The Morgan fingerprint density at radius 3 is 2.27 bits per heavy atom. The highest BCUT2D eigenvalue weighted by Gasteiger charge is 2.27. The molecule has 1 saturated heterocycles. The minimum atomic E-state index is -0.613. The zero-order valence-electron chi connectivity index (χ0n) is 17.6. The summed E-state index contributed by atoms with van der Waals surface area (Å²) in [6, 6.07) is 10.5. The Balaban J connectivity index is 1.57. The molecule has 30 heavy (non-hydrogen) atoms. The van der Waals surface area contributed by atoms with Gasteiger partial charge in [0.1, 0.15) is 11.4 Å². The van der Waals surface area contributed by atoms with Crippen molar-refractivity contribution in [3.05, 3.63) is 58.0 Å². The standard InChI is InChI=1S/C22H28N4O4/c1-15(2)17-5-7-18(8-6-17)30-16(3)21(28)25-11-4-12-26(14-13-25)22(29)19-9-10-20(27)24-23-19/h5-10,15-16H,4,11-14H2,1-3H3,(H,24,27). The predicted octanol–water partition coefficient (Wildman–Crippen LogP) is 2.04. The number of rotatable bonds is 5. The summed E-state index contributed by atoms with van der Waals surface area (Å²) in [5.41, 5.74) is 1.05. The second-order valence-electron chi connectivity index (χ2n) is 7.76. The van der Waals surface area contributed by atoms with E-state index in [9.17, 15) is 14.4 Å². The first-order chi connectivity index (χ1) is 14.3. The summed E-state index contributed by atoms with van der Waals surface area (Å²) in [6.07, 6.45) is 0.0504. The average Bonchev–Trinajstić information content (AvgIpc) is 3.00. The monoisotopic (exact) mass is 412 g/mol. The van der Waals surface area contributed by atoms with Crippen LogP contribution in [0, 0.1) is 0 Å². The van der Waals surface area contributed by atoms with Crippen molar-refractivity contribution < 1.29 is 14.3 Å². The second kappa shape index (κ2) is 9.56. The topological polar surface area (TPSA) is 95.6 Å². The van der Waals surface area contributed by atoms with Crippen molar-refractivity contribution in [2.45, 2.75) is 39.2 Å². The van der Waals surface area contributed by atoms with E-state index >= 15 is 0 Å². The highest BCUT2D eigenvalue weighted by molar-refractivity contribution is 5.92. The molecule has 3 rings (SSSR count). The molecule has 0 saturated carbocycles. The van der Waals surface area contributed by atoms with Crippen molar-refractivity contribution in [1.29, 1.82) is 0 Å². The molecular formula is C22H28N4O4. The maximum Gasteiger partial charge on any atom is 0.274 e. The van der Waals surface area contributed by atoms with Crippen molar-refractivity contribution in [2.24, 2.45) is 0 Å². The number of carbonyl (C=O) groups is 2. The summed E-state index contributed by atoms with van der Waals surface area (Å²) in [6.45, 7) is 7.91. The molecule has 0 aliphatic carbocycles. The zero-order chi connectivity index (χ0) is 21.7. The Bertz CT molecular complexity index is 918. The number of H-pyrrole nitrogens is 1. The lowest BCUT2D eigenvalue weighted by atomic mass is 10.0. The van der Waals surface area contributed by atoms with Crippen molar-refractivity contribution in [2.75, 3.05) is 26.2 Å².